The van der Waals surface area contributed by atoms with E-state index >= 15 is 0 Å². The lowest BCUT2D eigenvalue weighted by Gasteiger charge is -2.27. The van der Waals surface area contributed by atoms with Crippen molar-refractivity contribution in [3.8, 4) is 0 Å². The quantitative estimate of drug-likeness (QED) is 0.477. The summed E-state index contributed by atoms with van der Waals surface area (Å²) in [5.74, 6) is -0.273. The highest BCUT2D eigenvalue weighted by Crippen LogP contribution is 2.29. The molecule has 1 aromatic heterocycles. The molecule has 2 amide bonds. The van der Waals surface area contributed by atoms with E-state index < -0.39 is 17.6 Å². The molecule has 0 radical (unpaired) electrons. The van der Waals surface area contributed by atoms with Crippen molar-refractivity contribution in [2.45, 2.75) is 6.18 Å². The number of halogens is 3. The first-order chi connectivity index (χ1) is 17.3. The minimum atomic E-state index is -4.54. The summed E-state index contributed by atoms with van der Waals surface area (Å²) in [4.78, 5) is 31.3. The number of hydrogen-bond acceptors (Lipinski definition) is 5. The van der Waals surface area contributed by atoms with E-state index in [1.165, 1.54) is 18.2 Å². The second kappa shape index (κ2) is 11.0. The Balaban J connectivity index is 1.38. The van der Waals surface area contributed by atoms with Crippen LogP contribution < -0.4 is 15.5 Å². The zero-order valence-corrected chi connectivity index (χ0v) is 19.1. The fraction of sp³-hybridized carbons (Fsp3) is 0.192. The summed E-state index contributed by atoms with van der Waals surface area (Å²) >= 11 is 0. The van der Waals surface area contributed by atoms with Crippen molar-refractivity contribution in [2.24, 2.45) is 0 Å². The van der Waals surface area contributed by atoms with Crippen molar-refractivity contribution in [3.63, 3.8) is 0 Å². The fourth-order valence-corrected chi connectivity index (χ4v) is 3.58. The molecular weight excluding hydrogens is 473 g/mol. The van der Waals surface area contributed by atoms with Gasteiger partial charge in [0.05, 0.1) is 18.8 Å². The molecule has 1 aliphatic rings. The van der Waals surface area contributed by atoms with Gasteiger partial charge in [-0.1, -0.05) is 18.2 Å². The van der Waals surface area contributed by atoms with Gasteiger partial charge in [-0.25, -0.2) is 4.98 Å². The molecule has 0 atom stereocenters. The number of ether oxygens (including phenoxy) is 1. The number of carbonyl (C=O) groups is 2. The molecular formula is C26H23F3N4O3. The number of hydrogen-bond donors (Lipinski definition) is 2. The predicted octanol–water partition coefficient (Wildman–Crippen LogP) is 4.84. The number of alkyl halides is 3. The number of rotatable bonds is 6. The highest BCUT2D eigenvalue weighted by atomic mass is 19.4. The minimum Gasteiger partial charge on any atom is -0.378 e. The fourth-order valence-electron chi connectivity index (χ4n) is 3.58. The summed E-state index contributed by atoms with van der Waals surface area (Å²) in [5, 5.41) is 5.37. The molecule has 0 unspecified atom stereocenters. The number of anilines is 3. The number of pyridine rings is 1. The van der Waals surface area contributed by atoms with Crippen molar-refractivity contribution < 1.29 is 27.5 Å². The van der Waals surface area contributed by atoms with Gasteiger partial charge in [0, 0.05) is 48.4 Å². The number of nitrogens with one attached hydrogen (secondary N) is 2. The Labute approximate surface area is 205 Å². The summed E-state index contributed by atoms with van der Waals surface area (Å²) < 4.78 is 44.1. The average Bonchev–Trinajstić information content (AvgIpc) is 2.88. The Morgan fingerprint density at radius 1 is 0.944 bits per heavy atom. The van der Waals surface area contributed by atoms with E-state index in [0.29, 0.717) is 30.2 Å². The zero-order valence-electron chi connectivity index (χ0n) is 19.1. The first-order valence-corrected chi connectivity index (χ1v) is 11.1. The first kappa shape index (κ1) is 24.9. The molecule has 0 saturated carbocycles. The number of morpholine rings is 1. The molecule has 10 heteroatoms. The molecule has 186 valence electrons. The van der Waals surface area contributed by atoms with Gasteiger partial charge in [0.15, 0.2) is 0 Å². The molecule has 1 saturated heterocycles. The molecule has 2 N–H and O–H groups in total. The molecule has 3 aromatic rings. The SMILES string of the molecule is O=C(/C=C/c1cccc(NC(=O)c2cccc(C(F)(F)F)c2)c1)Nc1ccnc(N2CCOCC2)c1. The lowest BCUT2D eigenvalue weighted by Crippen LogP contribution is -2.36. The van der Waals surface area contributed by atoms with Crippen LogP contribution in [0.3, 0.4) is 0 Å². The number of carbonyl (C=O) groups excluding carboxylic acids is 2. The predicted molar refractivity (Wildman–Crippen MR) is 131 cm³/mol. The smallest absolute Gasteiger partial charge is 0.378 e. The molecule has 36 heavy (non-hydrogen) atoms. The van der Waals surface area contributed by atoms with E-state index in [4.69, 9.17) is 4.74 Å². The third kappa shape index (κ3) is 6.70. The molecule has 1 fully saturated rings. The molecule has 1 aliphatic heterocycles. The van der Waals surface area contributed by atoms with E-state index in [9.17, 15) is 22.8 Å². The lowest BCUT2D eigenvalue weighted by atomic mass is 10.1. The summed E-state index contributed by atoms with van der Waals surface area (Å²) in [6.07, 6.45) is 0.00447. The van der Waals surface area contributed by atoms with Gasteiger partial charge in [0.2, 0.25) is 5.91 Å². The molecule has 0 aliphatic carbocycles. The summed E-state index contributed by atoms with van der Waals surface area (Å²) in [6.45, 7) is 2.71. The van der Waals surface area contributed by atoms with Crippen LogP contribution in [0.25, 0.3) is 6.08 Å². The number of benzene rings is 2. The van der Waals surface area contributed by atoms with Crippen LogP contribution in [-0.2, 0) is 15.7 Å². The van der Waals surface area contributed by atoms with Crippen LogP contribution in [0.2, 0.25) is 0 Å². The third-order valence-electron chi connectivity index (χ3n) is 5.37. The Hall–Kier alpha value is -4.18. The molecule has 0 bridgehead atoms. The van der Waals surface area contributed by atoms with Crippen LogP contribution in [0.1, 0.15) is 21.5 Å². The van der Waals surface area contributed by atoms with Crippen LogP contribution in [0.15, 0.2) is 72.9 Å². The van der Waals surface area contributed by atoms with Crippen molar-refractivity contribution in [1.29, 1.82) is 0 Å². The van der Waals surface area contributed by atoms with E-state index in [1.807, 2.05) is 0 Å². The summed E-state index contributed by atoms with van der Waals surface area (Å²) in [7, 11) is 0. The Bertz CT molecular complexity index is 1270. The maximum Gasteiger partial charge on any atom is 0.416 e. The Morgan fingerprint density at radius 3 is 2.47 bits per heavy atom. The maximum absolute atomic E-state index is 12.9. The van der Waals surface area contributed by atoms with Crippen LogP contribution in [0.5, 0.6) is 0 Å². The molecule has 7 nitrogen and oxygen atoms in total. The second-order valence-electron chi connectivity index (χ2n) is 7.98. The van der Waals surface area contributed by atoms with Crippen LogP contribution in [-0.4, -0.2) is 43.1 Å². The second-order valence-corrected chi connectivity index (χ2v) is 7.98. The van der Waals surface area contributed by atoms with Gasteiger partial charge in [0.25, 0.3) is 5.91 Å². The Kier molecular flexibility index (Phi) is 7.65. The van der Waals surface area contributed by atoms with Gasteiger partial charge < -0.3 is 20.3 Å². The standard InChI is InChI=1S/C26H23F3N4O3/c27-26(28,29)20-5-2-4-19(16-20)25(35)32-21-6-1-3-18(15-21)7-8-24(34)31-22-9-10-30-23(17-22)33-11-13-36-14-12-33/h1-10,15-17H,11-14H2,(H,32,35)(H,30,31,34)/b8-7+. The molecule has 2 heterocycles. The van der Waals surface area contributed by atoms with Crippen molar-refractivity contribution in [2.75, 3.05) is 41.8 Å². The van der Waals surface area contributed by atoms with Crippen LogP contribution in [0.4, 0.5) is 30.4 Å². The van der Waals surface area contributed by atoms with Crippen LogP contribution >= 0.6 is 0 Å². The average molecular weight is 496 g/mol. The molecule has 2 aromatic carbocycles. The highest BCUT2D eigenvalue weighted by molar-refractivity contribution is 6.05. The van der Waals surface area contributed by atoms with Gasteiger partial charge in [-0.05, 0) is 48.0 Å². The minimum absolute atomic E-state index is 0.112. The number of nitrogens with zero attached hydrogens (tertiary/aromatic N) is 2. The molecule has 4 rings (SSSR count). The van der Waals surface area contributed by atoms with Gasteiger partial charge in [-0.15, -0.1) is 0 Å². The van der Waals surface area contributed by atoms with E-state index in [2.05, 4.69) is 20.5 Å². The summed E-state index contributed by atoms with van der Waals surface area (Å²) in [5.41, 5.74) is 0.589. The Morgan fingerprint density at radius 2 is 1.69 bits per heavy atom. The maximum atomic E-state index is 12.9. The van der Waals surface area contributed by atoms with Gasteiger partial charge in [-0.3, -0.25) is 9.59 Å². The molecule has 0 spiro atoms. The van der Waals surface area contributed by atoms with Crippen molar-refractivity contribution in [3.05, 3.63) is 89.6 Å². The van der Waals surface area contributed by atoms with E-state index in [0.717, 1.165) is 31.0 Å². The normalized spacial score (nSPS) is 14.0. The topological polar surface area (TPSA) is 83.6 Å². The highest BCUT2D eigenvalue weighted by Gasteiger charge is 2.30. The lowest BCUT2D eigenvalue weighted by molar-refractivity contribution is -0.137. The zero-order chi connectivity index (χ0) is 25.5. The van der Waals surface area contributed by atoms with Gasteiger partial charge >= 0.3 is 6.18 Å². The number of aromatic nitrogens is 1. The van der Waals surface area contributed by atoms with E-state index in [-0.39, 0.29) is 11.5 Å². The monoisotopic (exact) mass is 496 g/mol. The van der Waals surface area contributed by atoms with Crippen molar-refractivity contribution >= 4 is 35.1 Å². The summed E-state index contributed by atoms with van der Waals surface area (Å²) in [6, 6.07) is 14.3. The van der Waals surface area contributed by atoms with Gasteiger partial charge in [0.1, 0.15) is 5.82 Å². The first-order valence-electron chi connectivity index (χ1n) is 11.1. The van der Waals surface area contributed by atoms with Crippen LogP contribution in [0, 0.1) is 0 Å². The van der Waals surface area contributed by atoms with E-state index in [1.54, 1.807) is 48.7 Å². The largest absolute Gasteiger partial charge is 0.416 e. The van der Waals surface area contributed by atoms with Gasteiger partial charge in [-0.2, -0.15) is 13.2 Å². The van der Waals surface area contributed by atoms with Crippen molar-refractivity contribution in [1.82, 2.24) is 4.98 Å². The number of amides is 2. The third-order valence-corrected chi connectivity index (χ3v) is 5.37.